The molecule has 1 aliphatic carbocycles. The Hall–Kier alpha value is -2.41. The van der Waals surface area contributed by atoms with Crippen LogP contribution in [0.25, 0.3) is 16.6 Å². The summed E-state index contributed by atoms with van der Waals surface area (Å²) in [6.07, 6.45) is 8.46. The van der Waals surface area contributed by atoms with E-state index in [4.69, 9.17) is 14.6 Å². The van der Waals surface area contributed by atoms with Gasteiger partial charge in [-0.15, -0.1) is 0 Å². The average molecular weight is 478 g/mol. The first-order valence-corrected chi connectivity index (χ1v) is 13.4. The molecule has 1 aromatic carbocycles. The topological polar surface area (TPSA) is 59.2 Å². The summed E-state index contributed by atoms with van der Waals surface area (Å²) in [5, 5.41) is 15.8. The highest BCUT2D eigenvalue weighted by atomic mass is 16.5. The number of aromatic nitrogens is 2. The normalized spacial score (nSPS) is 17.4. The molecule has 2 aliphatic rings. The Morgan fingerprint density at radius 1 is 1.06 bits per heavy atom. The summed E-state index contributed by atoms with van der Waals surface area (Å²) in [6, 6.07) is 12.7. The van der Waals surface area contributed by atoms with Gasteiger partial charge in [-0.2, -0.15) is 5.10 Å². The number of morpholine rings is 1. The number of nitrogens with zero attached hydrogens (tertiary/aromatic N) is 3. The van der Waals surface area contributed by atoms with E-state index in [2.05, 4.69) is 46.7 Å². The first-order chi connectivity index (χ1) is 17.3. The van der Waals surface area contributed by atoms with E-state index in [1.54, 1.807) is 0 Å². The van der Waals surface area contributed by atoms with E-state index < -0.39 is 0 Å². The Kier molecular flexibility index (Phi) is 8.02. The molecule has 2 fully saturated rings. The molecule has 6 nitrogen and oxygen atoms in total. The van der Waals surface area contributed by atoms with E-state index in [-0.39, 0.29) is 6.61 Å². The standard InChI is InChI=1S/C29H39N3O3/c1-2-9-27-26(21-35-20-22-10-5-3-6-11-22)25(19-33)29-24(23-12-7-4-8-13-23)18-28(30-32(27)29)31-14-16-34-17-15-31/h4,7-8,12-13,18,22,33H,2-3,5-6,9-11,14-17,19-21H2,1H3. The highest BCUT2D eigenvalue weighted by Crippen LogP contribution is 2.36. The third-order valence-corrected chi connectivity index (χ3v) is 7.59. The number of aryl methyl sites for hydroxylation is 1. The molecule has 2 aromatic heterocycles. The molecule has 1 N–H and O–H groups in total. The van der Waals surface area contributed by atoms with Crippen molar-refractivity contribution in [2.75, 3.05) is 37.8 Å². The Morgan fingerprint density at radius 2 is 1.83 bits per heavy atom. The maximum atomic E-state index is 10.6. The second-order valence-corrected chi connectivity index (χ2v) is 9.97. The fraction of sp³-hybridized carbons (Fsp3) is 0.552. The lowest BCUT2D eigenvalue weighted by Gasteiger charge is -2.28. The first kappa shape index (κ1) is 24.3. The van der Waals surface area contributed by atoms with Crippen molar-refractivity contribution in [3.8, 4) is 11.1 Å². The van der Waals surface area contributed by atoms with Gasteiger partial charge < -0.3 is 19.5 Å². The minimum absolute atomic E-state index is 0.0201. The number of fused-ring (bicyclic) bond motifs is 1. The molecular formula is C29H39N3O3. The molecule has 3 aromatic rings. The predicted octanol–water partition coefficient (Wildman–Crippen LogP) is 5.38. The smallest absolute Gasteiger partial charge is 0.150 e. The number of ether oxygens (including phenoxy) is 2. The van der Waals surface area contributed by atoms with Crippen LogP contribution in [0.15, 0.2) is 36.4 Å². The maximum absolute atomic E-state index is 10.6. The molecule has 0 amide bonds. The van der Waals surface area contributed by atoms with Gasteiger partial charge in [0.2, 0.25) is 0 Å². The number of rotatable bonds is 9. The molecule has 1 saturated heterocycles. The van der Waals surface area contributed by atoms with Crippen molar-refractivity contribution < 1.29 is 14.6 Å². The SMILES string of the molecule is CCCc1c(COCC2CCCCC2)c(CO)c2c(-c3ccccc3)cc(N3CCOCC3)nn12. The summed E-state index contributed by atoms with van der Waals surface area (Å²) < 4.78 is 14.0. The number of anilines is 1. The van der Waals surface area contributed by atoms with Crippen molar-refractivity contribution in [2.24, 2.45) is 5.92 Å². The van der Waals surface area contributed by atoms with E-state index >= 15 is 0 Å². The van der Waals surface area contributed by atoms with Gasteiger partial charge in [0.15, 0.2) is 0 Å². The van der Waals surface area contributed by atoms with E-state index in [1.165, 1.54) is 37.8 Å². The molecule has 0 atom stereocenters. The molecule has 0 spiro atoms. The quantitative estimate of drug-likeness (QED) is 0.448. The number of hydrogen-bond donors (Lipinski definition) is 1. The first-order valence-electron chi connectivity index (χ1n) is 13.4. The third-order valence-electron chi connectivity index (χ3n) is 7.59. The highest BCUT2D eigenvalue weighted by Gasteiger charge is 2.25. The highest BCUT2D eigenvalue weighted by molar-refractivity contribution is 5.86. The van der Waals surface area contributed by atoms with E-state index in [9.17, 15) is 5.11 Å². The van der Waals surface area contributed by atoms with Gasteiger partial charge in [0, 0.05) is 42.1 Å². The third kappa shape index (κ3) is 5.25. The summed E-state index contributed by atoms with van der Waals surface area (Å²) in [7, 11) is 0. The summed E-state index contributed by atoms with van der Waals surface area (Å²) in [6.45, 7) is 6.63. The molecule has 0 bridgehead atoms. The summed E-state index contributed by atoms with van der Waals surface area (Å²) >= 11 is 0. The lowest BCUT2D eigenvalue weighted by atomic mass is 9.90. The van der Waals surface area contributed by atoms with Crippen molar-refractivity contribution >= 4 is 11.3 Å². The predicted molar refractivity (Wildman–Crippen MR) is 140 cm³/mol. The zero-order valence-electron chi connectivity index (χ0n) is 21.0. The lowest BCUT2D eigenvalue weighted by molar-refractivity contribution is 0.0726. The minimum atomic E-state index is -0.0201. The van der Waals surface area contributed by atoms with Gasteiger partial charge in [-0.3, -0.25) is 0 Å². The lowest BCUT2D eigenvalue weighted by Crippen LogP contribution is -2.37. The second-order valence-electron chi connectivity index (χ2n) is 9.97. The molecule has 1 aliphatic heterocycles. The average Bonchev–Trinajstić information content (AvgIpc) is 3.22. The molecule has 3 heterocycles. The number of hydrogen-bond acceptors (Lipinski definition) is 5. The zero-order valence-corrected chi connectivity index (χ0v) is 21.0. The van der Waals surface area contributed by atoms with Crippen molar-refractivity contribution in [3.05, 3.63) is 53.2 Å². The largest absolute Gasteiger partial charge is 0.392 e. The number of aliphatic hydroxyl groups is 1. The molecule has 35 heavy (non-hydrogen) atoms. The second kappa shape index (κ2) is 11.5. The van der Waals surface area contributed by atoms with Crippen LogP contribution in [0.4, 0.5) is 5.82 Å². The Morgan fingerprint density at radius 3 is 2.54 bits per heavy atom. The van der Waals surface area contributed by atoms with Crippen molar-refractivity contribution in [1.29, 1.82) is 0 Å². The fourth-order valence-corrected chi connectivity index (χ4v) is 5.72. The van der Waals surface area contributed by atoms with Gasteiger partial charge in [0.1, 0.15) is 5.82 Å². The van der Waals surface area contributed by atoms with Gasteiger partial charge in [0.25, 0.3) is 0 Å². The zero-order chi connectivity index (χ0) is 24.0. The van der Waals surface area contributed by atoms with Gasteiger partial charge in [-0.05, 0) is 36.8 Å². The van der Waals surface area contributed by atoms with Crippen LogP contribution in [0.1, 0.15) is 62.3 Å². The van der Waals surface area contributed by atoms with Crippen LogP contribution in [0.5, 0.6) is 0 Å². The summed E-state index contributed by atoms with van der Waals surface area (Å²) in [5.41, 5.74) is 6.50. The summed E-state index contributed by atoms with van der Waals surface area (Å²) in [4.78, 5) is 2.31. The van der Waals surface area contributed by atoms with E-state index in [1.807, 2.05) is 6.07 Å². The molecule has 5 rings (SSSR count). The van der Waals surface area contributed by atoms with Crippen molar-refractivity contribution in [3.63, 3.8) is 0 Å². The van der Waals surface area contributed by atoms with Gasteiger partial charge in [0.05, 0.1) is 31.9 Å². The molecule has 1 saturated carbocycles. The minimum Gasteiger partial charge on any atom is -0.392 e. The van der Waals surface area contributed by atoms with E-state index in [0.717, 1.165) is 79.3 Å². The van der Waals surface area contributed by atoms with Gasteiger partial charge in [-0.25, -0.2) is 4.52 Å². The van der Waals surface area contributed by atoms with Gasteiger partial charge >= 0.3 is 0 Å². The van der Waals surface area contributed by atoms with Crippen molar-refractivity contribution in [2.45, 2.75) is 65.1 Å². The number of benzene rings is 1. The molecule has 6 heteroatoms. The van der Waals surface area contributed by atoms with Crippen LogP contribution >= 0.6 is 0 Å². The van der Waals surface area contributed by atoms with Crippen LogP contribution < -0.4 is 4.90 Å². The Bertz CT molecular complexity index is 1100. The van der Waals surface area contributed by atoms with Gasteiger partial charge in [-0.1, -0.05) is 62.9 Å². The van der Waals surface area contributed by atoms with Crippen LogP contribution in [0.2, 0.25) is 0 Å². The van der Waals surface area contributed by atoms with Crippen LogP contribution in [0, 0.1) is 5.92 Å². The Balaban J connectivity index is 1.59. The monoisotopic (exact) mass is 477 g/mol. The van der Waals surface area contributed by atoms with Crippen molar-refractivity contribution in [1.82, 2.24) is 9.61 Å². The molecule has 0 unspecified atom stereocenters. The maximum Gasteiger partial charge on any atom is 0.150 e. The Labute approximate surface area is 208 Å². The molecular weight excluding hydrogens is 438 g/mol. The van der Waals surface area contributed by atoms with Crippen LogP contribution in [0.3, 0.4) is 0 Å². The van der Waals surface area contributed by atoms with E-state index in [0.29, 0.717) is 12.5 Å². The number of aliphatic hydroxyl groups excluding tert-OH is 1. The molecule has 0 radical (unpaired) electrons. The molecule has 188 valence electrons. The van der Waals surface area contributed by atoms with Crippen LogP contribution in [-0.2, 0) is 29.1 Å². The van der Waals surface area contributed by atoms with Crippen LogP contribution in [-0.4, -0.2) is 47.6 Å². The summed E-state index contributed by atoms with van der Waals surface area (Å²) in [5.74, 6) is 1.63. The fourth-order valence-electron chi connectivity index (χ4n) is 5.72.